The molecular weight excluding hydrogens is 240 g/mol. The molecule has 0 saturated carbocycles. The van der Waals surface area contributed by atoms with E-state index in [1.54, 1.807) is 0 Å². The lowest BCUT2D eigenvalue weighted by Crippen LogP contribution is -1.93. The van der Waals surface area contributed by atoms with Crippen molar-refractivity contribution in [1.29, 1.82) is 0 Å². The number of rotatable bonds is 0. The van der Waals surface area contributed by atoms with Crippen LogP contribution in [0, 0.1) is 0 Å². The minimum atomic E-state index is 1.19. The maximum Gasteiger partial charge on any atom is -0.0224 e. The molecule has 0 atom stereocenters. The predicted octanol–water partition coefficient (Wildman–Crippen LogP) is 5.52. The van der Waals surface area contributed by atoms with E-state index in [4.69, 9.17) is 0 Å². The zero-order valence-corrected chi connectivity index (χ0v) is 12.4. The van der Waals surface area contributed by atoms with Crippen LogP contribution in [0.2, 0.25) is 0 Å². The van der Waals surface area contributed by atoms with Gasteiger partial charge in [0.05, 0.1) is 0 Å². The van der Waals surface area contributed by atoms with E-state index in [0.717, 1.165) is 0 Å². The molecule has 0 fully saturated rings. The molecule has 4 bridgehead atoms. The first-order valence-corrected chi connectivity index (χ1v) is 7.60. The van der Waals surface area contributed by atoms with E-state index in [0.29, 0.717) is 0 Å². The van der Waals surface area contributed by atoms with E-state index in [2.05, 4.69) is 62.4 Å². The van der Waals surface area contributed by atoms with Crippen LogP contribution in [0.1, 0.15) is 48.9 Å². The maximum absolute atomic E-state index is 2.29. The van der Waals surface area contributed by atoms with E-state index in [9.17, 15) is 0 Å². The first-order chi connectivity index (χ1) is 9.74. The normalized spacial score (nSPS) is 19.1. The SMILES string of the molecule is C/C1=C(\C)c2ccc(cc2)CCCCc2ccc1cc2. The highest BCUT2D eigenvalue weighted by molar-refractivity contribution is 5.88. The second kappa shape index (κ2) is 5.66. The summed E-state index contributed by atoms with van der Waals surface area (Å²) in [6.45, 7) is 4.45. The molecule has 20 heavy (non-hydrogen) atoms. The van der Waals surface area contributed by atoms with Crippen molar-refractivity contribution < 1.29 is 0 Å². The molecule has 2 aromatic carbocycles. The highest BCUT2D eigenvalue weighted by atomic mass is 14.1. The Bertz CT molecular complexity index is 555. The standard InChI is InChI=1S/C20H22/c1-15-16(2)20-13-9-18(10-14-20)6-4-3-5-17-7-11-19(15)12-8-17/h7-14H,3-6H2,1-2H3/b16-15-. The Labute approximate surface area is 122 Å². The second-order valence-electron chi connectivity index (χ2n) is 5.85. The quantitative estimate of drug-likeness (QED) is 0.586. The third kappa shape index (κ3) is 2.70. The van der Waals surface area contributed by atoms with Crippen LogP contribution in [0.4, 0.5) is 0 Å². The van der Waals surface area contributed by atoms with E-state index < -0.39 is 0 Å². The lowest BCUT2D eigenvalue weighted by molar-refractivity contribution is 0.734. The van der Waals surface area contributed by atoms with Crippen LogP contribution in [0.3, 0.4) is 0 Å². The summed E-state index contributed by atoms with van der Waals surface area (Å²) in [5.74, 6) is 0. The fourth-order valence-corrected chi connectivity index (χ4v) is 2.93. The minimum Gasteiger partial charge on any atom is -0.0584 e. The van der Waals surface area contributed by atoms with Crippen molar-refractivity contribution in [2.24, 2.45) is 0 Å². The van der Waals surface area contributed by atoms with Gasteiger partial charge in [-0.1, -0.05) is 48.5 Å². The van der Waals surface area contributed by atoms with Crippen molar-refractivity contribution in [1.82, 2.24) is 0 Å². The Morgan fingerprint density at radius 3 is 1.25 bits per heavy atom. The fourth-order valence-electron chi connectivity index (χ4n) is 2.93. The van der Waals surface area contributed by atoms with Gasteiger partial charge in [-0.25, -0.2) is 0 Å². The molecule has 2 aromatic rings. The van der Waals surface area contributed by atoms with Gasteiger partial charge in [0, 0.05) is 0 Å². The number of aryl methyl sites for hydroxylation is 2. The summed E-state index contributed by atoms with van der Waals surface area (Å²) < 4.78 is 0. The van der Waals surface area contributed by atoms with Gasteiger partial charge in [-0.3, -0.25) is 0 Å². The third-order valence-electron chi connectivity index (χ3n) is 4.52. The van der Waals surface area contributed by atoms with Crippen LogP contribution in [-0.4, -0.2) is 0 Å². The lowest BCUT2D eigenvalue weighted by Gasteiger charge is -2.12. The van der Waals surface area contributed by atoms with Gasteiger partial charge in [-0.05, 0) is 72.9 Å². The van der Waals surface area contributed by atoms with Gasteiger partial charge in [-0.2, -0.15) is 0 Å². The van der Waals surface area contributed by atoms with E-state index in [1.165, 1.54) is 59.1 Å². The highest BCUT2D eigenvalue weighted by Gasteiger charge is 2.05. The molecular formula is C20H22. The summed E-state index contributed by atoms with van der Waals surface area (Å²) in [6.07, 6.45) is 4.93. The van der Waals surface area contributed by atoms with E-state index >= 15 is 0 Å². The highest BCUT2D eigenvalue weighted by Crippen LogP contribution is 2.27. The monoisotopic (exact) mass is 262 g/mol. The predicted molar refractivity (Wildman–Crippen MR) is 87.7 cm³/mol. The minimum absolute atomic E-state index is 1.19. The molecule has 0 aromatic heterocycles. The maximum atomic E-state index is 2.29. The molecule has 0 heterocycles. The van der Waals surface area contributed by atoms with Gasteiger partial charge in [0.25, 0.3) is 0 Å². The average Bonchev–Trinajstić information content (AvgIpc) is 2.51. The molecule has 0 nitrogen and oxygen atoms in total. The Hall–Kier alpha value is -1.82. The largest absolute Gasteiger partial charge is 0.0584 e. The first kappa shape index (κ1) is 13.2. The van der Waals surface area contributed by atoms with Gasteiger partial charge in [0.1, 0.15) is 0 Å². The zero-order valence-electron chi connectivity index (χ0n) is 12.4. The summed E-state index contributed by atoms with van der Waals surface area (Å²) >= 11 is 0. The molecule has 0 N–H and O–H groups in total. The summed E-state index contributed by atoms with van der Waals surface area (Å²) in [6, 6.07) is 18.3. The molecule has 0 amide bonds. The van der Waals surface area contributed by atoms with Crippen molar-refractivity contribution in [3.63, 3.8) is 0 Å². The van der Waals surface area contributed by atoms with E-state index in [1.807, 2.05) is 0 Å². The molecule has 4 aliphatic carbocycles. The van der Waals surface area contributed by atoms with Gasteiger partial charge in [0.15, 0.2) is 0 Å². The topological polar surface area (TPSA) is 0 Å². The van der Waals surface area contributed by atoms with E-state index in [-0.39, 0.29) is 0 Å². The first-order valence-electron chi connectivity index (χ1n) is 7.60. The average molecular weight is 262 g/mol. The van der Waals surface area contributed by atoms with Crippen LogP contribution < -0.4 is 0 Å². The molecule has 0 aliphatic heterocycles. The van der Waals surface area contributed by atoms with Crippen LogP contribution >= 0.6 is 0 Å². The third-order valence-corrected chi connectivity index (χ3v) is 4.52. The molecule has 0 unspecified atom stereocenters. The molecule has 6 rings (SSSR count). The lowest BCUT2D eigenvalue weighted by atomic mass is 9.93. The van der Waals surface area contributed by atoms with Crippen molar-refractivity contribution in [3.05, 3.63) is 70.8 Å². The van der Waals surface area contributed by atoms with Crippen LogP contribution in [0.25, 0.3) is 11.1 Å². The molecule has 4 aliphatic rings. The van der Waals surface area contributed by atoms with Gasteiger partial charge in [-0.15, -0.1) is 0 Å². The van der Waals surface area contributed by atoms with Crippen LogP contribution in [0.5, 0.6) is 0 Å². The molecule has 102 valence electrons. The number of allylic oxidation sites excluding steroid dienone is 2. The number of benzene rings is 2. The molecule has 0 heteroatoms. The summed E-state index contributed by atoms with van der Waals surface area (Å²) in [5, 5.41) is 0. The van der Waals surface area contributed by atoms with Gasteiger partial charge < -0.3 is 0 Å². The Kier molecular flexibility index (Phi) is 3.73. The second-order valence-corrected chi connectivity index (χ2v) is 5.85. The summed E-state index contributed by atoms with van der Waals surface area (Å²) in [4.78, 5) is 0. The number of hydrogen-bond acceptors (Lipinski definition) is 0. The Morgan fingerprint density at radius 1 is 0.550 bits per heavy atom. The van der Waals surface area contributed by atoms with Gasteiger partial charge in [0.2, 0.25) is 0 Å². The number of hydrogen-bond donors (Lipinski definition) is 0. The molecule has 0 radical (unpaired) electrons. The molecule has 0 saturated heterocycles. The zero-order chi connectivity index (χ0) is 13.9. The van der Waals surface area contributed by atoms with Crippen molar-refractivity contribution >= 4 is 11.1 Å². The van der Waals surface area contributed by atoms with Crippen molar-refractivity contribution in [2.45, 2.75) is 39.5 Å². The van der Waals surface area contributed by atoms with Crippen LogP contribution in [-0.2, 0) is 12.8 Å². The summed E-state index contributed by atoms with van der Waals surface area (Å²) in [5.41, 5.74) is 8.36. The summed E-state index contributed by atoms with van der Waals surface area (Å²) in [7, 11) is 0. The van der Waals surface area contributed by atoms with Gasteiger partial charge >= 0.3 is 0 Å². The van der Waals surface area contributed by atoms with Crippen molar-refractivity contribution in [3.8, 4) is 0 Å². The molecule has 0 spiro atoms. The van der Waals surface area contributed by atoms with Crippen molar-refractivity contribution in [2.75, 3.05) is 0 Å². The van der Waals surface area contributed by atoms with Crippen LogP contribution in [0.15, 0.2) is 48.5 Å². The Balaban J connectivity index is 2.09. The fraction of sp³-hybridized carbons (Fsp3) is 0.300. The smallest absolute Gasteiger partial charge is 0.0224 e. The Morgan fingerprint density at radius 2 is 0.900 bits per heavy atom.